The molecule has 1 amide bonds. The van der Waals surface area contributed by atoms with Crippen LogP contribution in [0.5, 0.6) is 17.2 Å². The van der Waals surface area contributed by atoms with E-state index >= 15 is 0 Å². The maximum atomic E-state index is 12.6. The summed E-state index contributed by atoms with van der Waals surface area (Å²) >= 11 is 0. The predicted molar refractivity (Wildman–Crippen MR) is 145 cm³/mol. The van der Waals surface area contributed by atoms with E-state index < -0.39 is 17.1 Å². The van der Waals surface area contributed by atoms with E-state index in [1.165, 1.54) is 13.3 Å². The number of carbonyl (C=O) groups excluding carboxylic acids is 2. The molecule has 37 heavy (non-hydrogen) atoms. The van der Waals surface area contributed by atoms with Crippen LogP contribution in [0.15, 0.2) is 42.5 Å². The number of methoxy groups -OCH3 is 2. The third-order valence-electron chi connectivity index (χ3n) is 6.40. The molecule has 7 nitrogen and oxygen atoms in total. The number of hydrogen-bond donors (Lipinski definition) is 1. The van der Waals surface area contributed by atoms with Gasteiger partial charge in [0.25, 0.3) is 0 Å². The highest BCUT2D eigenvalue weighted by atomic mass is 16.6. The average Bonchev–Trinajstić information content (AvgIpc) is 2.87. The van der Waals surface area contributed by atoms with Crippen LogP contribution >= 0.6 is 0 Å². The van der Waals surface area contributed by atoms with Crippen LogP contribution in [0.1, 0.15) is 84.3 Å². The summed E-state index contributed by atoms with van der Waals surface area (Å²) in [5.41, 5.74) is -0.222. The molecule has 0 fully saturated rings. The Morgan fingerprint density at radius 1 is 0.865 bits per heavy atom. The molecule has 0 radical (unpaired) electrons. The van der Waals surface area contributed by atoms with Gasteiger partial charge in [0.05, 0.1) is 26.4 Å². The van der Waals surface area contributed by atoms with E-state index in [1.54, 1.807) is 35.0 Å². The van der Waals surface area contributed by atoms with Crippen molar-refractivity contribution < 1.29 is 28.5 Å². The fraction of sp³-hybridized carbons (Fsp3) is 0.533. The van der Waals surface area contributed by atoms with Crippen LogP contribution in [0.25, 0.3) is 0 Å². The third-order valence-corrected chi connectivity index (χ3v) is 6.40. The molecule has 2 rings (SSSR count). The first-order chi connectivity index (χ1) is 17.6. The van der Waals surface area contributed by atoms with Crippen molar-refractivity contribution in [2.24, 2.45) is 0 Å². The first-order valence-corrected chi connectivity index (χ1v) is 13.1. The summed E-state index contributed by atoms with van der Waals surface area (Å²) in [5, 5.41) is 3.26. The van der Waals surface area contributed by atoms with Crippen molar-refractivity contribution in [3.8, 4) is 17.2 Å². The second-order valence-electron chi connectivity index (χ2n) is 9.67. The molecule has 1 N–H and O–H groups in total. The van der Waals surface area contributed by atoms with Gasteiger partial charge in [-0.15, -0.1) is 0 Å². The SMILES string of the molecule is CCCCCCCC(NC(C)=O)(c1ccc(OC(C)(C)C(=O)OCC)cc1)c1ccc(OC)cc1OC. The Hall–Kier alpha value is -3.22. The Labute approximate surface area is 221 Å². The first-order valence-electron chi connectivity index (χ1n) is 13.1. The molecule has 1 atom stereocenters. The van der Waals surface area contributed by atoms with E-state index in [1.807, 2.05) is 42.5 Å². The monoisotopic (exact) mass is 513 g/mol. The molecule has 1 unspecified atom stereocenters. The Morgan fingerprint density at radius 2 is 1.51 bits per heavy atom. The van der Waals surface area contributed by atoms with Crippen LogP contribution in [0.3, 0.4) is 0 Å². The standard InChI is InChI=1S/C30H43NO6/c1-8-10-11-12-13-20-30(31-22(3)32,26-19-18-25(34-6)21-27(26)35-7)23-14-16-24(17-15-23)37-29(4,5)28(33)36-9-2/h14-19,21H,8-13,20H2,1-7H3,(H,31,32). The highest BCUT2D eigenvalue weighted by Gasteiger charge is 2.38. The first kappa shape index (κ1) is 30.0. The predicted octanol–water partition coefficient (Wildman–Crippen LogP) is 6.16. The van der Waals surface area contributed by atoms with Crippen molar-refractivity contribution in [3.05, 3.63) is 53.6 Å². The van der Waals surface area contributed by atoms with Gasteiger partial charge in [-0.05, 0) is 57.0 Å². The molecule has 204 valence electrons. The molecule has 0 saturated heterocycles. The number of hydrogen-bond acceptors (Lipinski definition) is 6. The highest BCUT2D eigenvalue weighted by molar-refractivity contribution is 5.79. The minimum Gasteiger partial charge on any atom is -0.497 e. The van der Waals surface area contributed by atoms with Gasteiger partial charge in [0.2, 0.25) is 5.91 Å². The molecule has 7 heteroatoms. The number of amides is 1. The molecule has 0 aliphatic heterocycles. The Balaban J connectivity index is 2.55. The smallest absolute Gasteiger partial charge is 0.349 e. The molecule has 0 aromatic heterocycles. The largest absolute Gasteiger partial charge is 0.497 e. The normalized spacial score (nSPS) is 12.8. The molecular formula is C30H43NO6. The van der Waals surface area contributed by atoms with Gasteiger partial charge < -0.3 is 24.3 Å². The van der Waals surface area contributed by atoms with E-state index in [0.29, 0.717) is 23.7 Å². The number of ether oxygens (including phenoxy) is 4. The van der Waals surface area contributed by atoms with Crippen LogP contribution in [-0.2, 0) is 19.9 Å². The van der Waals surface area contributed by atoms with Gasteiger partial charge in [-0.2, -0.15) is 0 Å². The van der Waals surface area contributed by atoms with Gasteiger partial charge in [0.1, 0.15) is 17.2 Å². The summed E-state index contributed by atoms with van der Waals surface area (Å²) < 4.78 is 22.3. The molecule has 0 aliphatic carbocycles. The van der Waals surface area contributed by atoms with Gasteiger partial charge in [-0.3, -0.25) is 4.79 Å². The molecule has 0 bridgehead atoms. The molecule has 0 saturated carbocycles. The van der Waals surface area contributed by atoms with Gasteiger partial charge in [0.15, 0.2) is 5.60 Å². The van der Waals surface area contributed by atoms with Crippen molar-refractivity contribution >= 4 is 11.9 Å². The van der Waals surface area contributed by atoms with E-state index in [-0.39, 0.29) is 12.5 Å². The highest BCUT2D eigenvalue weighted by Crippen LogP contribution is 2.42. The zero-order valence-corrected chi connectivity index (χ0v) is 23.4. The van der Waals surface area contributed by atoms with Crippen molar-refractivity contribution in [2.45, 2.75) is 84.3 Å². The Morgan fingerprint density at radius 3 is 2.08 bits per heavy atom. The number of benzene rings is 2. The van der Waals surface area contributed by atoms with E-state index in [9.17, 15) is 9.59 Å². The van der Waals surface area contributed by atoms with Crippen molar-refractivity contribution in [2.75, 3.05) is 20.8 Å². The van der Waals surface area contributed by atoms with E-state index in [4.69, 9.17) is 18.9 Å². The van der Waals surface area contributed by atoms with Gasteiger partial charge >= 0.3 is 5.97 Å². The lowest BCUT2D eigenvalue weighted by Gasteiger charge is -2.37. The molecular weight excluding hydrogens is 470 g/mol. The van der Waals surface area contributed by atoms with Gasteiger partial charge in [-0.1, -0.05) is 51.2 Å². The van der Waals surface area contributed by atoms with Crippen LogP contribution in [0, 0.1) is 0 Å². The third kappa shape index (κ3) is 7.88. The minimum atomic E-state index is -1.13. The summed E-state index contributed by atoms with van der Waals surface area (Å²) in [6, 6.07) is 13.2. The zero-order chi connectivity index (χ0) is 27.5. The Kier molecular flexibility index (Phi) is 11.3. The topological polar surface area (TPSA) is 83.1 Å². The summed E-state index contributed by atoms with van der Waals surface area (Å²) in [7, 11) is 3.23. The molecule has 0 heterocycles. The fourth-order valence-electron chi connectivity index (χ4n) is 4.53. The molecule has 0 aliphatic rings. The summed E-state index contributed by atoms with van der Waals surface area (Å²) in [4.78, 5) is 24.9. The summed E-state index contributed by atoms with van der Waals surface area (Å²) in [5.74, 6) is 1.26. The quantitative estimate of drug-likeness (QED) is 0.227. The van der Waals surface area contributed by atoms with Crippen LogP contribution in [-0.4, -0.2) is 38.3 Å². The number of esters is 1. The zero-order valence-electron chi connectivity index (χ0n) is 23.4. The number of carbonyl (C=O) groups is 2. The van der Waals surface area contributed by atoms with Crippen molar-refractivity contribution in [1.82, 2.24) is 5.32 Å². The Bertz CT molecular complexity index is 1020. The lowest BCUT2D eigenvalue weighted by molar-refractivity contribution is -0.158. The van der Waals surface area contributed by atoms with Gasteiger partial charge in [-0.25, -0.2) is 4.79 Å². The summed E-state index contributed by atoms with van der Waals surface area (Å²) in [6.45, 7) is 9.13. The van der Waals surface area contributed by atoms with Crippen molar-refractivity contribution in [3.63, 3.8) is 0 Å². The number of rotatable bonds is 15. The second kappa shape index (κ2) is 13.9. The molecule has 2 aromatic rings. The number of unbranched alkanes of at least 4 members (excludes halogenated alkanes) is 4. The van der Waals surface area contributed by atoms with Crippen LogP contribution < -0.4 is 19.5 Å². The molecule has 2 aromatic carbocycles. The second-order valence-corrected chi connectivity index (χ2v) is 9.67. The van der Waals surface area contributed by atoms with Crippen LogP contribution in [0.4, 0.5) is 0 Å². The molecule has 0 spiro atoms. The minimum absolute atomic E-state index is 0.143. The maximum Gasteiger partial charge on any atom is 0.349 e. The van der Waals surface area contributed by atoms with Crippen molar-refractivity contribution in [1.29, 1.82) is 0 Å². The summed E-state index contributed by atoms with van der Waals surface area (Å²) in [6.07, 6.45) is 6.15. The average molecular weight is 514 g/mol. The lowest BCUT2D eigenvalue weighted by Crippen LogP contribution is -2.46. The lowest BCUT2D eigenvalue weighted by atomic mass is 9.77. The van der Waals surface area contributed by atoms with E-state index in [2.05, 4.69) is 12.2 Å². The number of nitrogens with one attached hydrogen (secondary N) is 1. The van der Waals surface area contributed by atoms with Crippen LogP contribution in [0.2, 0.25) is 0 Å². The maximum absolute atomic E-state index is 12.6. The fourth-order valence-corrected chi connectivity index (χ4v) is 4.53. The van der Waals surface area contributed by atoms with Gasteiger partial charge in [0, 0.05) is 18.6 Å². The van der Waals surface area contributed by atoms with E-state index in [0.717, 1.165) is 36.8 Å².